The molecule has 0 saturated heterocycles. The summed E-state index contributed by atoms with van der Waals surface area (Å²) in [6, 6.07) is 2.42. The summed E-state index contributed by atoms with van der Waals surface area (Å²) in [5.41, 5.74) is 6.54. The van der Waals surface area contributed by atoms with Gasteiger partial charge in [0, 0.05) is 0 Å². The van der Waals surface area contributed by atoms with E-state index in [1.807, 2.05) is 0 Å². The molecule has 1 aromatic heterocycles. The van der Waals surface area contributed by atoms with Crippen LogP contribution in [0.4, 0.5) is 0 Å². The van der Waals surface area contributed by atoms with Crippen molar-refractivity contribution in [3.05, 3.63) is 59.0 Å². The first-order chi connectivity index (χ1) is 10.9. The molecule has 4 atom stereocenters. The van der Waals surface area contributed by atoms with Crippen LogP contribution in [0.2, 0.25) is 16.8 Å². The summed E-state index contributed by atoms with van der Waals surface area (Å²) in [6.45, 7) is 4.69. The minimum atomic E-state index is -2.01. The molecule has 1 aromatic rings. The van der Waals surface area contributed by atoms with Crippen LogP contribution < -0.4 is 4.40 Å². The van der Waals surface area contributed by atoms with Crippen molar-refractivity contribution in [2.24, 2.45) is 17.3 Å². The Balaban J connectivity index is 1.78. The number of allylic oxidation sites excluding steroid dienone is 6. The number of hydrogen-bond donors (Lipinski definition) is 0. The Hall–Kier alpha value is -1.09. The van der Waals surface area contributed by atoms with E-state index in [-0.39, 0.29) is 0 Å². The van der Waals surface area contributed by atoms with E-state index in [1.165, 1.54) is 22.9 Å². The number of fused-ring (bicyclic) bond motifs is 3. The van der Waals surface area contributed by atoms with E-state index in [1.54, 1.807) is 15.5 Å². The van der Waals surface area contributed by atoms with Gasteiger partial charge >= 0.3 is 142 Å². The molecule has 4 unspecified atom stereocenters. The van der Waals surface area contributed by atoms with Gasteiger partial charge in [-0.3, -0.25) is 0 Å². The van der Waals surface area contributed by atoms with Crippen LogP contribution in [0.5, 0.6) is 0 Å². The van der Waals surface area contributed by atoms with Crippen molar-refractivity contribution >= 4 is 17.7 Å². The average molecular weight is 364 g/mol. The second kappa shape index (κ2) is 4.30. The zero-order valence-corrected chi connectivity index (χ0v) is 16.7. The number of rotatable bonds is 0. The normalized spacial score (nSPS) is 38.5. The average Bonchev–Trinajstić information content (AvgIpc) is 2.45. The van der Waals surface area contributed by atoms with Crippen LogP contribution in [0.1, 0.15) is 30.5 Å². The SMILES string of the molecule is Cc1cc2nc[c]1[Ge]([CH3])([CH3])[CH2]C1C=CC13CC1=C3C2C(C)C=C1. The van der Waals surface area contributed by atoms with Crippen LogP contribution in [-0.2, 0) is 0 Å². The van der Waals surface area contributed by atoms with Crippen LogP contribution in [0.25, 0.3) is 0 Å². The molecule has 3 aliphatic carbocycles. The molecule has 0 amide bonds. The molecule has 3 heterocycles. The second-order valence-corrected chi connectivity index (χ2v) is 18.7. The van der Waals surface area contributed by atoms with Crippen molar-refractivity contribution < 1.29 is 0 Å². The van der Waals surface area contributed by atoms with E-state index in [0.29, 0.717) is 17.3 Å². The van der Waals surface area contributed by atoms with Crippen molar-refractivity contribution in [2.45, 2.75) is 43.0 Å². The van der Waals surface area contributed by atoms with E-state index < -0.39 is 13.3 Å². The summed E-state index contributed by atoms with van der Waals surface area (Å²) in [4.78, 5) is 5.00. The number of nitrogens with zero attached hydrogens (tertiary/aromatic N) is 1. The molecule has 5 aliphatic rings. The van der Waals surface area contributed by atoms with Gasteiger partial charge in [-0.05, 0) is 0 Å². The van der Waals surface area contributed by atoms with Gasteiger partial charge in [0.15, 0.2) is 0 Å². The summed E-state index contributed by atoms with van der Waals surface area (Å²) in [5.74, 6) is 7.01. The molecule has 2 bridgehead atoms. The van der Waals surface area contributed by atoms with Gasteiger partial charge in [0.1, 0.15) is 0 Å². The number of aromatic nitrogens is 1. The number of aryl methyl sites for hydroxylation is 1. The van der Waals surface area contributed by atoms with Crippen LogP contribution in [-0.4, -0.2) is 18.3 Å². The van der Waals surface area contributed by atoms with Gasteiger partial charge in [0.05, 0.1) is 0 Å². The molecular weight excluding hydrogens is 339 g/mol. The van der Waals surface area contributed by atoms with Gasteiger partial charge < -0.3 is 0 Å². The van der Waals surface area contributed by atoms with Crippen LogP contribution >= 0.6 is 0 Å². The van der Waals surface area contributed by atoms with Crippen molar-refractivity contribution in [3.63, 3.8) is 0 Å². The topological polar surface area (TPSA) is 12.9 Å². The number of pyridine rings is 1. The van der Waals surface area contributed by atoms with Crippen LogP contribution in [0.3, 0.4) is 0 Å². The van der Waals surface area contributed by atoms with E-state index in [0.717, 1.165) is 5.92 Å². The Morgan fingerprint density at radius 1 is 1.26 bits per heavy atom. The first-order valence-corrected chi connectivity index (χ1v) is 15.7. The van der Waals surface area contributed by atoms with E-state index in [4.69, 9.17) is 4.98 Å². The fourth-order valence-corrected chi connectivity index (χ4v) is 12.8. The Labute approximate surface area is 142 Å². The summed E-state index contributed by atoms with van der Waals surface area (Å²) in [7, 11) is 0. The minimum absolute atomic E-state index is 0.393. The number of hydrogen-bond acceptors (Lipinski definition) is 1. The Kier molecular flexibility index (Phi) is 2.67. The molecule has 23 heavy (non-hydrogen) atoms. The third kappa shape index (κ3) is 1.67. The first-order valence-electron chi connectivity index (χ1n) is 9.00. The molecule has 1 nitrogen and oxygen atoms in total. The monoisotopic (exact) mass is 365 g/mol. The molecule has 0 saturated carbocycles. The first kappa shape index (κ1) is 14.3. The Morgan fingerprint density at radius 2 is 2.09 bits per heavy atom. The van der Waals surface area contributed by atoms with Gasteiger partial charge in [-0.2, -0.15) is 0 Å². The molecule has 2 aliphatic heterocycles. The standard InChI is InChI=1S/C21H25GeN/c1-13-5-6-15-10-21-8-7-16(21)11-22(3,4)17-12-23-18(9-14(17)2)19(13)20(15)21/h5-9,12-13,16,19H,10-11H2,1-4H3. The molecule has 2 heteroatoms. The van der Waals surface area contributed by atoms with Gasteiger partial charge in [0.2, 0.25) is 0 Å². The summed E-state index contributed by atoms with van der Waals surface area (Å²) >= 11 is -2.01. The Morgan fingerprint density at radius 3 is 2.78 bits per heavy atom. The predicted octanol–water partition coefficient (Wildman–Crippen LogP) is 4.48. The van der Waals surface area contributed by atoms with Crippen molar-refractivity contribution in [2.75, 3.05) is 0 Å². The molecule has 118 valence electrons. The summed E-state index contributed by atoms with van der Waals surface area (Å²) in [6.07, 6.45) is 13.4. The molecule has 0 N–H and O–H groups in total. The third-order valence-electron chi connectivity index (χ3n) is 6.97. The maximum atomic E-state index is 5.00. The zero-order valence-electron chi connectivity index (χ0n) is 14.6. The van der Waals surface area contributed by atoms with Gasteiger partial charge in [-0.1, -0.05) is 0 Å². The quantitative estimate of drug-likeness (QED) is 0.489. The molecular formula is C21H25GeN. The second-order valence-electron chi connectivity index (χ2n) is 8.83. The Bertz CT molecular complexity index is 813. The molecule has 0 fully saturated rings. The van der Waals surface area contributed by atoms with Gasteiger partial charge in [0.25, 0.3) is 0 Å². The van der Waals surface area contributed by atoms with Crippen LogP contribution in [0.15, 0.2) is 47.7 Å². The summed E-state index contributed by atoms with van der Waals surface area (Å²) < 4.78 is 1.62. The van der Waals surface area contributed by atoms with Crippen LogP contribution in [0, 0.1) is 24.2 Å². The van der Waals surface area contributed by atoms with Crippen molar-refractivity contribution in [1.82, 2.24) is 4.98 Å². The molecule has 0 radical (unpaired) electrons. The maximum absolute atomic E-state index is 5.00. The molecule has 0 aromatic carbocycles. The van der Waals surface area contributed by atoms with Gasteiger partial charge in [-0.15, -0.1) is 0 Å². The molecule has 1 spiro atoms. The zero-order chi connectivity index (χ0) is 16.0. The van der Waals surface area contributed by atoms with E-state index >= 15 is 0 Å². The van der Waals surface area contributed by atoms with E-state index in [2.05, 4.69) is 61.9 Å². The predicted molar refractivity (Wildman–Crippen MR) is 98.6 cm³/mol. The van der Waals surface area contributed by atoms with Gasteiger partial charge in [-0.25, -0.2) is 0 Å². The van der Waals surface area contributed by atoms with Crippen molar-refractivity contribution in [1.29, 1.82) is 0 Å². The fourth-order valence-electron chi connectivity index (χ4n) is 5.71. The van der Waals surface area contributed by atoms with E-state index in [9.17, 15) is 0 Å². The third-order valence-corrected chi connectivity index (χ3v) is 14.2. The molecule has 6 rings (SSSR count). The summed E-state index contributed by atoms with van der Waals surface area (Å²) in [5, 5.41) is 1.42. The fraction of sp³-hybridized carbons (Fsp3) is 0.476. The van der Waals surface area contributed by atoms with Crippen molar-refractivity contribution in [3.8, 4) is 0 Å².